The Morgan fingerprint density at radius 1 is 1.21 bits per heavy atom. The molecular formula is C19H16N2O5S2. The van der Waals surface area contributed by atoms with Gasteiger partial charge in [0.2, 0.25) is 23.4 Å². The summed E-state index contributed by atoms with van der Waals surface area (Å²) in [6.07, 6.45) is 0.981. The van der Waals surface area contributed by atoms with Gasteiger partial charge in [-0.25, -0.2) is 0 Å². The van der Waals surface area contributed by atoms with Gasteiger partial charge < -0.3 is 4.90 Å². The van der Waals surface area contributed by atoms with Crippen molar-refractivity contribution in [1.82, 2.24) is 10.2 Å². The largest absolute Gasteiger partial charge is 0.322 e. The van der Waals surface area contributed by atoms with E-state index in [9.17, 15) is 24.0 Å². The Balaban J connectivity index is 1.44. The number of rotatable bonds is 6. The fraction of sp³-hybridized carbons (Fsp3) is 0.316. The molecule has 4 heterocycles. The molecule has 0 saturated carbocycles. The van der Waals surface area contributed by atoms with Crippen LogP contribution in [0.1, 0.15) is 49.7 Å². The number of aryl methyl sites for hydroxylation is 1. The minimum atomic E-state index is -0.655. The molecule has 0 aromatic carbocycles. The molecule has 2 aromatic rings. The zero-order chi connectivity index (χ0) is 19.8. The van der Waals surface area contributed by atoms with E-state index in [1.54, 1.807) is 22.9 Å². The molecule has 1 unspecified atom stereocenters. The molecule has 0 radical (unpaired) electrons. The molecule has 28 heavy (non-hydrogen) atoms. The van der Waals surface area contributed by atoms with E-state index in [4.69, 9.17) is 0 Å². The molecule has 4 rings (SSSR count). The molecule has 2 aromatic heterocycles. The highest BCUT2D eigenvalue weighted by Crippen LogP contribution is 2.34. The van der Waals surface area contributed by atoms with Crippen LogP contribution in [0, 0.1) is 0 Å². The van der Waals surface area contributed by atoms with Crippen LogP contribution < -0.4 is 5.32 Å². The third-order valence-electron chi connectivity index (χ3n) is 4.96. The van der Waals surface area contributed by atoms with Crippen molar-refractivity contribution in [3.8, 4) is 0 Å². The Bertz CT molecular complexity index is 992. The van der Waals surface area contributed by atoms with E-state index < -0.39 is 23.5 Å². The monoisotopic (exact) mass is 416 g/mol. The lowest BCUT2D eigenvalue weighted by Crippen LogP contribution is -2.52. The van der Waals surface area contributed by atoms with Gasteiger partial charge in [-0.1, -0.05) is 6.07 Å². The van der Waals surface area contributed by atoms with Crippen LogP contribution in [0.15, 0.2) is 22.9 Å². The van der Waals surface area contributed by atoms with E-state index in [0.29, 0.717) is 23.3 Å². The second-order valence-corrected chi connectivity index (χ2v) is 8.59. The summed E-state index contributed by atoms with van der Waals surface area (Å²) in [5.74, 6) is -1.93. The van der Waals surface area contributed by atoms with E-state index in [2.05, 4.69) is 5.32 Å². The Kier molecular flexibility index (Phi) is 4.94. The van der Waals surface area contributed by atoms with Gasteiger partial charge in [0.25, 0.3) is 5.91 Å². The minimum absolute atomic E-state index is 0.0797. The maximum Gasteiger partial charge on any atom is 0.256 e. The first-order chi connectivity index (χ1) is 13.5. The van der Waals surface area contributed by atoms with Crippen LogP contribution in [0.2, 0.25) is 0 Å². The van der Waals surface area contributed by atoms with Crippen molar-refractivity contribution < 1.29 is 24.0 Å². The molecule has 2 aliphatic rings. The molecule has 3 amide bonds. The zero-order valence-electron chi connectivity index (χ0n) is 14.7. The van der Waals surface area contributed by atoms with Gasteiger partial charge in [-0.3, -0.25) is 29.3 Å². The van der Waals surface area contributed by atoms with Crippen molar-refractivity contribution in [1.29, 1.82) is 0 Å². The van der Waals surface area contributed by atoms with E-state index in [1.807, 2.05) is 0 Å². The number of thiophene rings is 2. The van der Waals surface area contributed by atoms with Gasteiger partial charge >= 0.3 is 0 Å². The SMILES string of the molecule is O=C1CCC(N2Cc3c(csc3CCC(=O)C(=O)c3cccs3)C2=O)C(=O)N1. The van der Waals surface area contributed by atoms with Gasteiger partial charge in [0.1, 0.15) is 6.04 Å². The second-order valence-electron chi connectivity index (χ2n) is 6.68. The summed E-state index contributed by atoms with van der Waals surface area (Å²) in [6, 6.07) is 2.70. The lowest BCUT2D eigenvalue weighted by molar-refractivity contribution is -0.136. The molecule has 0 bridgehead atoms. The van der Waals surface area contributed by atoms with Crippen LogP contribution >= 0.6 is 22.7 Å². The number of imide groups is 1. The Labute approximate surface area is 168 Å². The van der Waals surface area contributed by atoms with Crippen LogP contribution in [-0.2, 0) is 27.3 Å². The molecule has 1 saturated heterocycles. The Hall–Kier alpha value is -2.65. The second kappa shape index (κ2) is 7.40. The van der Waals surface area contributed by atoms with Crippen molar-refractivity contribution in [3.05, 3.63) is 43.8 Å². The number of fused-ring (bicyclic) bond motifs is 1. The van der Waals surface area contributed by atoms with Gasteiger partial charge in [0.05, 0.1) is 10.4 Å². The van der Waals surface area contributed by atoms with Crippen LogP contribution in [-0.4, -0.2) is 40.2 Å². The molecule has 1 N–H and O–H groups in total. The molecule has 1 atom stereocenters. The summed E-state index contributed by atoms with van der Waals surface area (Å²) in [4.78, 5) is 63.2. The fourth-order valence-electron chi connectivity index (χ4n) is 3.50. The maximum absolute atomic E-state index is 12.7. The minimum Gasteiger partial charge on any atom is -0.322 e. The molecule has 0 aliphatic carbocycles. The normalized spacial score (nSPS) is 18.9. The molecule has 0 spiro atoms. The van der Waals surface area contributed by atoms with Crippen molar-refractivity contribution in [2.45, 2.75) is 38.3 Å². The average molecular weight is 416 g/mol. The number of Topliss-reactive ketones (excluding diaryl/α,β-unsaturated/α-hetero) is 2. The summed E-state index contributed by atoms with van der Waals surface area (Å²) >= 11 is 2.63. The molecule has 1 fully saturated rings. The summed E-state index contributed by atoms with van der Waals surface area (Å²) in [6.45, 7) is 0.284. The van der Waals surface area contributed by atoms with Crippen LogP contribution in [0.5, 0.6) is 0 Å². The first-order valence-corrected chi connectivity index (χ1v) is 10.6. The smallest absolute Gasteiger partial charge is 0.256 e. The van der Waals surface area contributed by atoms with Crippen LogP contribution in [0.25, 0.3) is 0 Å². The van der Waals surface area contributed by atoms with Gasteiger partial charge in [0, 0.05) is 29.6 Å². The first-order valence-electron chi connectivity index (χ1n) is 8.80. The molecule has 7 nitrogen and oxygen atoms in total. The number of hydrogen-bond acceptors (Lipinski definition) is 7. The number of nitrogens with one attached hydrogen (secondary N) is 1. The molecular weight excluding hydrogens is 400 g/mol. The van der Waals surface area contributed by atoms with E-state index >= 15 is 0 Å². The van der Waals surface area contributed by atoms with Crippen molar-refractivity contribution >= 4 is 52.0 Å². The standard InChI is InChI=1S/C19H16N2O5S2/c22-13(17(24)15-2-1-7-27-15)4-5-14-10-8-21(19(26)11(10)9-28-14)12-3-6-16(23)20-18(12)25/h1-2,7,9,12H,3-6,8H2,(H,20,23,25). The van der Waals surface area contributed by atoms with Crippen molar-refractivity contribution in [2.24, 2.45) is 0 Å². The number of hydrogen-bond donors (Lipinski definition) is 1. The lowest BCUT2D eigenvalue weighted by atomic mass is 10.0. The maximum atomic E-state index is 12.7. The number of nitrogens with zero attached hydrogens (tertiary/aromatic N) is 1. The third kappa shape index (κ3) is 3.31. The highest BCUT2D eigenvalue weighted by molar-refractivity contribution is 7.13. The molecule has 9 heteroatoms. The third-order valence-corrected chi connectivity index (χ3v) is 6.92. The number of amides is 3. The Morgan fingerprint density at radius 2 is 2.04 bits per heavy atom. The van der Waals surface area contributed by atoms with Gasteiger partial charge in [-0.15, -0.1) is 22.7 Å². The topological polar surface area (TPSA) is 101 Å². The molecule has 2 aliphatic heterocycles. The Morgan fingerprint density at radius 3 is 2.75 bits per heavy atom. The highest BCUT2D eigenvalue weighted by Gasteiger charge is 2.40. The quantitative estimate of drug-likeness (QED) is 0.441. The van der Waals surface area contributed by atoms with Crippen LogP contribution in [0.4, 0.5) is 0 Å². The van der Waals surface area contributed by atoms with Gasteiger partial charge in [-0.05, 0) is 29.9 Å². The van der Waals surface area contributed by atoms with E-state index in [1.165, 1.54) is 27.6 Å². The zero-order valence-corrected chi connectivity index (χ0v) is 16.4. The number of piperidine rings is 1. The van der Waals surface area contributed by atoms with E-state index in [-0.39, 0.29) is 31.2 Å². The van der Waals surface area contributed by atoms with Crippen molar-refractivity contribution in [2.75, 3.05) is 0 Å². The highest BCUT2D eigenvalue weighted by atomic mass is 32.1. The van der Waals surface area contributed by atoms with E-state index in [0.717, 1.165) is 10.4 Å². The summed E-state index contributed by atoms with van der Waals surface area (Å²) < 4.78 is 0. The van der Waals surface area contributed by atoms with Gasteiger partial charge in [-0.2, -0.15) is 0 Å². The average Bonchev–Trinajstić information content (AvgIpc) is 3.39. The van der Waals surface area contributed by atoms with Crippen molar-refractivity contribution in [3.63, 3.8) is 0 Å². The summed E-state index contributed by atoms with van der Waals surface area (Å²) in [7, 11) is 0. The first kappa shape index (κ1) is 18.7. The number of ketones is 2. The number of carbonyl (C=O) groups excluding carboxylic acids is 5. The summed E-state index contributed by atoms with van der Waals surface area (Å²) in [5, 5.41) is 5.77. The number of carbonyl (C=O) groups is 5. The summed E-state index contributed by atoms with van der Waals surface area (Å²) in [5.41, 5.74) is 1.36. The fourth-order valence-corrected chi connectivity index (χ4v) is 5.22. The molecule has 144 valence electrons. The predicted octanol–water partition coefficient (Wildman–Crippen LogP) is 1.96. The lowest BCUT2D eigenvalue weighted by Gasteiger charge is -2.29. The predicted molar refractivity (Wildman–Crippen MR) is 102 cm³/mol. The van der Waals surface area contributed by atoms with Crippen LogP contribution in [0.3, 0.4) is 0 Å². The van der Waals surface area contributed by atoms with Gasteiger partial charge in [0.15, 0.2) is 0 Å².